The van der Waals surface area contributed by atoms with Crippen LogP contribution in [-0.4, -0.2) is 31.5 Å². The van der Waals surface area contributed by atoms with Crippen molar-refractivity contribution in [3.63, 3.8) is 0 Å². The van der Waals surface area contributed by atoms with Crippen LogP contribution in [0, 0.1) is 5.92 Å². The van der Waals surface area contributed by atoms with E-state index in [2.05, 4.69) is 0 Å². The van der Waals surface area contributed by atoms with Crippen LogP contribution in [-0.2, 0) is 11.3 Å². The number of hydrogen-bond donors (Lipinski definition) is 1. The number of benzene rings is 1. The molecule has 1 aromatic carbocycles. The molecule has 1 aromatic rings. The van der Waals surface area contributed by atoms with Crippen molar-refractivity contribution in [1.29, 1.82) is 0 Å². The summed E-state index contributed by atoms with van der Waals surface area (Å²) < 4.78 is 5.25. The maximum absolute atomic E-state index is 11.9. The molecule has 0 aliphatic heterocycles. The number of halogens is 2. The molecule has 0 radical (unpaired) electrons. The Balaban J connectivity index is 0.00000324. The van der Waals surface area contributed by atoms with Gasteiger partial charge in [0.25, 0.3) is 0 Å². The van der Waals surface area contributed by atoms with Gasteiger partial charge in [-0.2, -0.15) is 0 Å². The fourth-order valence-electron chi connectivity index (χ4n) is 1.68. The summed E-state index contributed by atoms with van der Waals surface area (Å²) in [6.45, 7) is 2.61. The molecule has 0 fully saturated rings. The van der Waals surface area contributed by atoms with Crippen molar-refractivity contribution in [1.82, 2.24) is 4.90 Å². The second-order valence-corrected chi connectivity index (χ2v) is 4.72. The lowest BCUT2D eigenvalue weighted by atomic mass is 10.1. The molecule has 0 aromatic heterocycles. The number of ether oxygens (including phenoxy) is 1. The third-order valence-corrected chi connectivity index (χ3v) is 3.04. The van der Waals surface area contributed by atoms with Crippen LogP contribution in [0.4, 0.5) is 0 Å². The maximum Gasteiger partial charge on any atom is 0.226 e. The summed E-state index contributed by atoms with van der Waals surface area (Å²) >= 11 is 5.95. The van der Waals surface area contributed by atoms with E-state index in [0.717, 1.165) is 11.3 Å². The van der Waals surface area contributed by atoms with E-state index in [1.165, 1.54) is 0 Å². The lowest BCUT2D eigenvalue weighted by molar-refractivity contribution is -0.133. The topological polar surface area (TPSA) is 55.6 Å². The summed E-state index contributed by atoms with van der Waals surface area (Å²) in [5, 5.41) is 0.624. The maximum atomic E-state index is 11.9. The van der Waals surface area contributed by atoms with E-state index in [1.807, 2.05) is 6.92 Å². The van der Waals surface area contributed by atoms with Crippen LogP contribution >= 0.6 is 24.0 Å². The molecule has 2 N–H and O–H groups in total. The van der Waals surface area contributed by atoms with Crippen molar-refractivity contribution in [2.45, 2.75) is 13.5 Å². The summed E-state index contributed by atoms with van der Waals surface area (Å²) in [6, 6.07) is 5.36. The van der Waals surface area contributed by atoms with Crippen molar-refractivity contribution in [2.75, 3.05) is 20.7 Å². The van der Waals surface area contributed by atoms with Crippen molar-refractivity contribution >= 4 is 29.9 Å². The molecule has 0 bridgehead atoms. The van der Waals surface area contributed by atoms with E-state index in [1.54, 1.807) is 37.3 Å². The minimum atomic E-state index is -0.180. The summed E-state index contributed by atoms with van der Waals surface area (Å²) in [6.07, 6.45) is 0. The first kappa shape index (κ1) is 18.0. The molecule has 0 saturated heterocycles. The second-order valence-electron chi connectivity index (χ2n) is 4.29. The largest absolute Gasteiger partial charge is 0.496 e. The van der Waals surface area contributed by atoms with Crippen molar-refractivity contribution in [3.8, 4) is 5.75 Å². The third kappa shape index (κ3) is 4.90. The van der Waals surface area contributed by atoms with Gasteiger partial charge in [-0.05, 0) is 18.2 Å². The fraction of sp³-hybridized carbons (Fsp3) is 0.462. The number of hydrogen-bond acceptors (Lipinski definition) is 3. The predicted octanol–water partition coefficient (Wildman–Crippen LogP) is 2.32. The average molecular weight is 307 g/mol. The Kier molecular flexibility index (Phi) is 7.83. The van der Waals surface area contributed by atoms with Crippen LogP contribution in [0.15, 0.2) is 18.2 Å². The van der Waals surface area contributed by atoms with Gasteiger partial charge < -0.3 is 15.4 Å². The Hall–Kier alpha value is -0.970. The smallest absolute Gasteiger partial charge is 0.226 e. The van der Waals surface area contributed by atoms with Gasteiger partial charge in [0.05, 0.1) is 7.11 Å². The van der Waals surface area contributed by atoms with Gasteiger partial charge >= 0.3 is 0 Å². The van der Waals surface area contributed by atoms with E-state index < -0.39 is 0 Å². The number of amides is 1. The van der Waals surface area contributed by atoms with E-state index >= 15 is 0 Å². The highest BCUT2D eigenvalue weighted by Gasteiger charge is 2.17. The molecule has 1 rings (SSSR count). The van der Waals surface area contributed by atoms with Gasteiger partial charge in [0, 0.05) is 36.6 Å². The fourth-order valence-corrected chi connectivity index (χ4v) is 1.88. The normalized spacial score (nSPS) is 11.4. The van der Waals surface area contributed by atoms with Gasteiger partial charge in [-0.15, -0.1) is 12.4 Å². The minimum absolute atomic E-state index is 0. The molecule has 0 spiro atoms. The summed E-state index contributed by atoms with van der Waals surface area (Å²) in [7, 11) is 3.34. The number of nitrogens with zero attached hydrogens (tertiary/aromatic N) is 1. The molecule has 0 aliphatic rings. The summed E-state index contributed by atoms with van der Waals surface area (Å²) in [5.74, 6) is 0.555. The monoisotopic (exact) mass is 306 g/mol. The molecule has 4 nitrogen and oxygen atoms in total. The molecule has 0 heterocycles. The van der Waals surface area contributed by atoms with Gasteiger partial charge in [0.15, 0.2) is 0 Å². The highest BCUT2D eigenvalue weighted by atomic mass is 35.5. The van der Waals surface area contributed by atoms with Crippen molar-refractivity contribution < 1.29 is 9.53 Å². The molecule has 1 unspecified atom stereocenters. The molecule has 108 valence electrons. The number of methoxy groups -OCH3 is 1. The Morgan fingerprint density at radius 2 is 2.16 bits per heavy atom. The highest BCUT2D eigenvalue weighted by Crippen LogP contribution is 2.24. The zero-order valence-corrected chi connectivity index (χ0v) is 12.9. The Morgan fingerprint density at radius 1 is 1.53 bits per heavy atom. The number of carbonyl (C=O) groups is 1. The van der Waals surface area contributed by atoms with Crippen LogP contribution in [0.3, 0.4) is 0 Å². The molecule has 0 aliphatic carbocycles. The second kappa shape index (κ2) is 8.25. The van der Waals surface area contributed by atoms with Gasteiger partial charge in [0.2, 0.25) is 5.91 Å². The van der Waals surface area contributed by atoms with Crippen molar-refractivity contribution in [2.24, 2.45) is 11.7 Å². The van der Waals surface area contributed by atoms with Crippen molar-refractivity contribution in [3.05, 3.63) is 28.8 Å². The number of rotatable bonds is 5. The SMILES string of the molecule is COc1ccc(Cl)cc1CN(C)C(=O)C(C)CN.Cl. The molecule has 0 saturated carbocycles. The van der Waals surface area contributed by atoms with Crippen LogP contribution in [0.25, 0.3) is 0 Å². The van der Waals surface area contributed by atoms with Crippen LogP contribution in [0.1, 0.15) is 12.5 Å². The Labute approximate surface area is 125 Å². The summed E-state index contributed by atoms with van der Waals surface area (Å²) in [5.41, 5.74) is 6.37. The Morgan fingerprint density at radius 3 is 2.68 bits per heavy atom. The molecule has 6 heteroatoms. The molecule has 1 atom stereocenters. The van der Waals surface area contributed by atoms with Crippen LogP contribution < -0.4 is 10.5 Å². The Bertz CT molecular complexity index is 427. The number of nitrogens with two attached hydrogens (primary N) is 1. The van der Waals surface area contributed by atoms with E-state index in [4.69, 9.17) is 22.1 Å². The first-order valence-electron chi connectivity index (χ1n) is 5.77. The lowest BCUT2D eigenvalue weighted by Gasteiger charge is -2.21. The zero-order chi connectivity index (χ0) is 13.7. The van der Waals surface area contributed by atoms with Gasteiger partial charge in [0.1, 0.15) is 5.75 Å². The zero-order valence-electron chi connectivity index (χ0n) is 11.4. The van der Waals surface area contributed by atoms with E-state index in [-0.39, 0.29) is 24.2 Å². The first-order valence-corrected chi connectivity index (χ1v) is 6.14. The molecule has 19 heavy (non-hydrogen) atoms. The molecular weight excluding hydrogens is 287 g/mol. The predicted molar refractivity (Wildman–Crippen MR) is 79.9 cm³/mol. The number of carbonyl (C=O) groups excluding carboxylic acids is 1. The molecular formula is C13H20Cl2N2O2. The first-order chi connectivity index (χ1) is 8.49. The quantitative estimate of drug-likeness (QED) is 0.908. The van der Waals surface area contributed by atoms with E-state index in [0.29, 0.717) is 18.1 Å². The summed E-state index contributed by atoms with van der Waals surface area (Å²) in [4.78, 5) is 13.6. The van der Waals surface area contributed by atoms with Gasteiger partial charge in [-0.3, -0.25) is 4.79 Å². The van der Waals surface area contributed by atoms with Crippen LogP contribution in [0.5, 0.6) is 5.75 Å². The van der Waals surface area contributed by atoms with Gasteiger partial charge in [-0.1, -0.05) is 18.5 Å². The molecule has 1 amide bonds. The highest BCUT2D eigenvalue weighted by molar-refractivity contribution is 6.30. The third-order valence-electron chi connectivity index (χ3n) is 2.80. The van der Waals surface area contributed by atoms with E-state index in [9.17, 15) is 4.79 Å². The lowest BCUT2D eigenvalue weighted by Crippen LogP contribution is -2.34. The van der Waals surface area contributed by atoms with Crippen LogP contribution in [0.2, 0.25) is 5.02 Å². The van der Waals surface area contributed by atoms with Gasteiger partial charge in [-0.25, -0.2) is 0 Å². The average Bonchev–Trinajstić information content (AvgIpc) is 2.37. The minimum Gasteiger partial charge on any atom is -0.496 e. The standard InChI is InChI=1S/C13H19ClN2O2.ClH/c1-9(7-15)13(17)16(2)8-10-6-11(14)4-5-12(10)18-3;/h4-6,9H,7-8,15H2,1-3H3;1H.